The third-order valence-electron chi connectivity index (χ3n) is 4.85. The highest BCUT2D eigenvalue weighted by Crippen LogP contribution is 2.40. The van der Waals surface area contributed by atoms with Crippen LogP contribution in [-0.4, -0.2) is 10.4 Å². The van der Waals surface area contributed by atoms with Gasteiger partial charge in [-0.05, 0) is 38.1 Å². The minimum atomic E-state index is 0.0555. The zero-order valence-electron chi connectivity index (χ0n) is 14.0. The van der Waals surface area contributed by atoms with Gasteiger partial charge in [0, 0.05) is 5.54 Å². The lowest BCUT2D eigenvalue weighted by Crippen LogP contribution is -2.49. The first-order valence-electron chi connectivity index (χ1n) is 7.87. The summed E-state index contributed by atoms with van der Waals surface area (Å²) < 4.78 is 0. The Labute approximate surface area is 121 Å². The van der Waals surface area contributed by atoms with Crippen LogP contribution in [0.1, 0.15) is 79.6 Å². The van der Waals surface area contributed by atoms with Crippen LogP contribution in [-0.2, 0) is 0 Å². The molecule has 0 aliphatic carbocycles. The maximum atomic E-state index is 3.90. The Bertz CT molecular complexity index is 255. The molecule has 19 heavy (non-hydrogen) atoms. The minimum absolute atomic E-state index is 0.0555. The molecule has 0 N–H and O–H groups in total. The molecule has 0 aromatic rings. The molecule has 0 amide bonds. The van der Waals surface area contributed by atoms with E-state index in [1.165, 1.54) is 44.9 Å². The average molecular weight is 265 g/mol. The van der Waals surface area contributed by atoms with Crippen LogP contribution in [0.25, 0.3) is 0 Å². The maximum Gasteiger partial charge on any atom is 0.0434 e. The van der Waals surface area contributed by atoms with Crippen molar-refractivity contribution in [2.24, 2.45) is 5.41 Å². The van der Waals surface area contributed by atoms with Crippen LogP contribution in [0, 0.1) is 5.41 Å². The van der Waals surface area contributed by atoms with E-state index in [4.69, 9.17) is 0 Å². The van der Waals surface area contributed by atoms with E-state index >= 15 is 0 Å². The molecule has 0 unspecified atom stereocenters. The third kappa shape index (κ3) is 5.42. The fourth-order valence-electron chi connectivity index (χ4n) is 2.53. The van der Waals surface area contributed by atoms with Gasteiger partial charge in [0.15, 0.2) is 0 Å². The highest BCUT2D eigenvalue weighted by atomic mass is 15.2. The summed E-state index contributed by atoms with van der Waals surface area (Å²) in [6.45, 7) is 19.4. The zero-order chi connectivity index (χ0) is 14.9. The fourth-order valence-corrected chi connectivity index (χ4v) is 2.53. The Hall–Kier alpha value is -0.720. The van der Waals surface area contributed by atoms with E-state index in [1.54, 1.807) is 0 Å². The smallest absolute Gasteiger partial charge is 0.0434 e. The van der Waals surface area contributed by atoms with Crippen molar-refractivity contribution >= 4 is 0 Å². The predicted octanol–water partition coefficient (Wildman–Crippen LogP) is 6.13. The van der Waals surface area contributed by atoms with Crippen molar-refractivity contribution in [1.29, 1.82) is 0 Å². The summed E-state index contributed by atoms with van der Waals surface area (Å²) in [4.78, 5) is 2.14. The second-order valence-electron chi connectivity index (χ2n) is 6.73. The molecule has 0 aromatic heterocycles. The lowest BCUT2D eigenvalue weighted by Gasteiger charge is -2.48. The van der Waals surface area contributed by atoms with Gasteiger partial charge in [0.2, 0.25) is 0 Å². The van der Waals surface area contributed by atoms with E-state index in [0.29, 0.717) is 0 Å². The van der Waals surface area contributed by atoms with Crippen molar-refractivity contribution in [2.45, 2.75) is 85.1 Å². The van der Waals surface area contributed by atoms with Crippen LogP contribution in [0.15, 0.2) is 25.6 Å². The van der Waals surface area contributed by atoms with Crippen LogP contribution in [0.4, 0.5) is 0 Å². The molecule has 0 aliphatic rings. The molecule has 0 radical (unpaired) electrons. The van der Waals surface area contributed by atoms with Gasteiger partial charge in [-0.25, -0.2) is 0 Å². The van der Waals surface area contributed by atoms with Gasteiger partial charge >= 0.3 is 0 Å². The summed E-state index contributed by atoms with van der Waals surface area (Å²) in [5.74, 6) is 0. The van der Waals surface area contributed by atoms with E-state index in [0.717, 1.165) is 0 Å². The molecule has 0 saturated heterocycles. The summed E-state index contributed by atoms with van der Waals surface area (Å²) in [5.41, 5.74) is 0.306. The van der Waals surface area contributed by atoms with Crippen LogP contribution in [0.3, 0.4) is 0 Å². The largest absolute Gasteiger partial charge is 0.349 e. The zero-order valence-corrected chi connectivity index (χ0v) is 14.0. The lowest BCUT2D eigenvalue weighted by molar-refractivity contribution is 0.0703. The van der Waals surface area contributed by atoms with Gasteiger partial charge in [-0.3, -0.25) is 0 Å². The molecule has 0 atom stereocenters. The first kappa shape index (κ1) is 18.3. The molecule has 112 valence electrons. The quantitative estimate of drug-likeness (QED) is 0.406. The predicted molar refractivity (Wildman–Crippen MR) is 88.1 cm³/mol. The molecule has 0 heterocycles. The standard InChI is InChI=1S/C18H35N/c1-8-11-12-13-14-15-16-17(4,5)18(6,7)19(9-2)10-3/h9-10H,2-3,8,11-16H2,1,4-7H3. The van der Waals surface area contributed by atoms with Gasteiger partial charge in [-0.2, -0.15) is 0 Å². The van der Waals surface area contributed by atoms with E-state index in [2.05, 4.69) is 52.7 Å². The highest BCUT2D eigenvalue weighted by molar-refractivity contribution is 5.01. The van der Waals surface area contributed by atoms with Crippen molar-refractivity contribution in [3.8, 4) is 0 Å². The van der Waals surface area contributed by atoms with Crippen LogP contribution < -0.4 is 0 Å². The van der Waals surface area contributed by atoms with Gasteiger partial charge in [0.1, 0.15) is 0 Å². The summed E-state index contributed by atoms with van der Waals surface area (Å²) in [7, 11) is 0. The van der Waals surface area contributed by atoms with E-state index in [-0.39, 0.29) is 11.0 Å². The first-order valence-corrected chi connectivity index (χ1v) is 7.87. The molecule has 0 aliphatic heterocycles. The van der Waals surface area contributed by atoms with Gasteiger partial charge in [-0.1, -0.05) is 72.5 Å². The second kappa shape index (κ2) is 8.45. The van der Waals surface area contributed by atoms with Gasteiger partial charge < -0.3 is 4.90 Å². The summed E-state index contributed by atoms with van der Waals surface area (Å²) in [5, 5.41) is 0. The van der Waals surface area contributed by atoms with E-state index in [9.17, 15) is 0 Å². The SMILES string of the molecule is C=CN(C=C)C(C)(C)C(C)(C)CCCCCCCC. The lowest BCUT2D eigenvalue weighted by atomic mass is 9.70. The Balaban J connectivity index is 4.28. The van der Waals surface area contributed by atoms with Crippen molar-refractivity contribution in [1.82, 2.24) is 4.90 Å². The molecule has 0 saturated carbocycles. The van der Waals surface area contributed by atoms with Crippen LogP contribution in [0.2, 0.25) is 0 Å². The first-order chi connectivity index (χ1) is 8.83. The van der Waals surface area contributed by atoms with Gasteiger partial charge in [0.25, 0.3) is 0 Å². The average Bonchev–Trinajstić information content (AvgIpc) is 2.34. The van der Waals surface area contributed by atoms with E-state index in [1.807, 2.05) is 12.4 Å². The number of nitrogens with zero attached hydrogens (tertiary/aromatic N) is 1. The molecule has 0 aromatic carbocycles. The molecule has 0 spiro atoms. The number of rotatable bonds is 11. The second-order valence-corrected chi connectivity index (χ2v) is 6.73. The molecular formula is C18H35N. The maximum absolute atomic E-state index is 3.90. The molecule has 0 bridgehead atoms. The summed E-state index contributed by atoms with van der Waals surface area (Å²) >= 11 is 0. The Kier molecular flexibility index (Phi) is 8.13. The fraction of sp³-hybridized carbons (Fsp3) is 0.778. The summed E-state index contributed by atoms with van der Waals surface area (Å²) in [6.07, 6.45) is 13.2. The number of hydrogen-bond acceptors (Lipinski definition) is 1. The Morgan fingerprint density at radius 2 is 1.32 bits per heavy atom. The summed E-state index contributed by atoms with van der Waals surface area (Å²) in [6, 6.07) is 0. The molecule has 0 rings (SSSR count). The van der Waals surface area contributed by atoms with Crippen molar-refractivity contribution in [3.05, 3.63) is 25.6 Å². The molecular weight excluding hydrogens is 230 g/mol. The minimum Gasteiger partial charge on any atom is -0.349 e. The topological polar surface area (TPSA) is 3.24 Å². The van der Waals surface area contributed by atoms with Crippen molar-refractivity contribution in [2.75, 3.05) is 0 Å². The number of hydrogen-bond donors (Lipinski definition) is 0. The monoisotopic (exact) mass is 265 g/mol. The van der Waals surface area contributed by atoms with Crippen LogP contribution in [0.5, 0.6) is 0 Å². The van der Waals surface area contributed by atoms with Gasteiger partial charge in [0.05, 0.1) is 0 Å². The molecule has 0 fully saturated rings. The normalized spacial score (nSPS) is 12.3. The van der Waals surface area contributed by atoms with Crippen LogP contribution >= 0.6 is 0 Å². The highest BCUT2D eigenvalue weighted by Gasteiger charge is 2.39. The van der Waals surface area contributed by atoms with E-state index < -0.39 is 0 Å². The Morgan fingerprint density at radius 3 is 1.79 bits per heavy atom. The molecule has 1 nitrogen and oxygen atoms in total. The van der Waals surface area contributed by atoms with Crippen molar-refractivity contribution < 1.29 is 0 Å². The number of unbranched alkanes of at least 4 members (excludes halogenated alkanes) is 5. The van der Waals surface area contributed by atoms with Crippen molar-refractivity contribution in [3.63, 3.8) is 0 Å². The third-order valence-corrected chi connectivity index (χ3v) is 4.85. The van der Waals surface area contributed by atoms with Gasteiger partial charge in [-0.15, -0.1) is 0 Å². The molecule has 1 heteroatoms. The Morgan fingerprint density at radius 1 is 0.842 bits per heavy atom.